The van der Waals surface area contributed by atoms with Crippen molar-refractivity contribution in [3.05, 3.63) is 88.9 Å². The minimum absolute atomic E-state index is 0.648. The van der Waals surface area contributed by atoms with Crippen LogP contribution in [0.15, 0.2) is 72.7 Å². The van der Waals surface area contributed by atoms with E-state index < -0.39 is 0 Å². The van der Waals surface area contributed by atoms with Gasteiger partial charge < -0.3 is 4.90 Å². The first-order valence-corrected chi connectivity index (χ1v) is 9.06. The Kier molecular flexibility index (Phi) is 6.60. The second kappa shape index (κ2) is 8.68. The van der Waals surface area contributed by atoms with Gasteiger partial charge in [-0.05, 0) is 37.1 Å². The van der Waals surface area contributed by atoms with E-state index in [-0.39, 0.29) is 0 Å². The Hall–Kier alpha value is -2.32. The molecular weight excluding hydrogens is 328 g/mol. The topological polar surface area (TPSA) is 16.1 Å². The predicted molar refractivity (Wildman–Crippen MR) is 109 cm³/mol. The molecule has 0 aliphatic carbocycles. The van der Waals surface area contributed by atoms with Gasteiger partial charge in [0.25, 0.3) is 0 Å². The van der Waals surface area contributed by atoms with Crippen molar-refractivity contribution in [1.29, 1.82) is 0 Å². The van der Waals surface area contributed by atoms with Crippen molar-refractivity contribution in [1.82, 2.24) is 9.88 Å². The molecule has 3 rings (SSSR count). The maximum absolute atomic E-state index is 6.44. The molecule has 25 heavy (non-hydrogen) atoms. The predicted octanol–water partition coefficient (Wildman–Crippen LogP) is 6.43. The second-order valence-electron chi connectivity index (χ2n) is 5.50. The Morgan fingerprint density at radius 1 is 1.12 bits per heavy atom. The third-order valence-corrected chi connectivity index (χ3v) is 4.40. The fourth-order valence-electron chi connectivity index (χ4n) is 2.91. The average molecular weight is 353 g/mol. The number of halogens is 1. The molecule has 0 radical (unpaired) electrons. The third-order valence-electron chi connectivity index (χ3n) is 4.10. The van der Waals surface area contributed by atoms with E-state index in [4.69, 9.17) is 11.6 Å². The van der Waals surface area contributed by atoms with Crippen molar-refractivity contribution in [2.24, 2.45) is 0 Å². The molecule has 0 fully saturated rings. The van der Waals surface area contributed by atoms with E-state index in [1.165, 1.54) is 11.1 Å². The zero-order valence-corrected chi connectivity index (χ0v) is 16.1. The largest absolute Gasteiger partial charge is 0.341 e. The molecule has 0 amide bonds. The number of hydrogen-bond donors (Lipinski definition) is 0. The lowest BCUT2D eigenvalue weighted by Crippen LogP contribution is -2.25. The van der Waals surface area contributed by atoms with Gasteiger partial charge in [-0.15, -0.1) is 0 Å². The lowest BCUT2D eigenvalue weighted by Gasteiger charge is -2.34. The summed E-state index contributed by atoms with van der Waals surface area (Å²) in [5, 5.41) is 0.648. The van der Waals surface area contributed by atoms with Crippen LogP contribution < -0.4 is 0 Å². The van der Waals surface area contributed by atoms with Gasteiger partial charge in [-0.3, -0.25) is 4.98 Å². The van der Waals surface area contributed by atoms with Crippen LogP contribution >= 0.6 is 11.6 Å². The lowest BCUT2D eigenvalue weighted by molar-refractivity contribution is 0.524. The van der Waals surface area contributed by atoms with Gasteiger partial charge >= 0.3 is 0 Å². The molecule has 1 aliphatic heterocycles. The molecule has 2 nitrogen and oxygen atoms in total. The van der Waals surface area contributed by atoms with Crippen LogP contribution in [0.5, 0.6) is 0 Å². The number of hydrogen-bond acceptors (Lipinski definition) is 2. The number of rotatable bonds is 3. The summed E-state index contributed by atoms with van der Waals surface area (Å²) in [5.41, 5.74) is 6.56. The molecule has 2 heterocycles. The number of benzene rings is 1. The minimum Gasteiger partial charge on any atom is -0.341 e. The van der Waals surface area contributed by atoms with Gasteiger partial charge in [0.2, 0.25) is 0 Å². The highest BCUT2D eigenvalue weighted by Crippen LogP contribution is 2.40. The monoisotopic (exact) mass is 352 g/mol. The number of nitrogens with zero attached hydrogens (tertiary/aromatic N) is 2. The van der Waals surface area contributed by atoms with Crippen molar-refractivity contribution in [2.75, 3.05) is 6.54 Å². The minimum atomic E-state index is 0.648. The van der Waals surface area contributed by atoms with Crippen molar-refractivity contribution in [3.63, 3.8) is 0 Å². The highest BCUT2D eigenvalue weighted by Gasteiger charge is 2.24. The quantitative estimate of drug-likeness (QED) is 0.633. The van der Waals surface area contributed by atoms with Gasteiger partial charge in [0.1, 0.15) is 0 Å². The van der Waals surface area contributed by atoms with E-state index in [2.05, 4.69) is 60.7 Å². The Bertz CT molecular complexity index is 804. The summed E-state index contributed by atoms with van der Waals surface area (Å²) in [6.07, 6.45) is 5.66. The zero-order valence-electron chi connectivity index (χ0n) is 15.4. The van der Waals surface area contributed by atoms with Crippen LogP contribution in [0.3, 0.4) is 0 Å². The van der Waals surface area contributed by atoms with Gasteiger partial charge in [0.05, 0.1) is 10.7 Å². The molecule has 2 aromatic rings. The molecule has 1 aliphatic rings. The van der Waals surface area contributed by atoms with Crippen molar-refractivity contribution < 1.29 is 0 Å². The first kappa shape index (κ1) is 19.0. The number of likely N-dealkylation sites (N-methyl/N-ethyl adjacent to an activating group) is 1. The Morgan fingerprint density at radius 2 is 1.80 bits per heavy atom. The molecule has 0 unspecified atom stereocenters. The van der Waals surface area contributed by atoms with Crippen molar-refractivity contribution in [2.45, 2.75) is 27.7 Å². The van der Waals surface area contributed by atoms with E-state index >= 15 is 0 Å². The Balaban J connectivity index is 0.00000109. The van der Waals surface area contributed by atoms with Gasteiger partial charge in [0.15, 0.2) is 0 Å². The summed E-state index contributed by atoms with van der Waals surface area (Å²) in [6.45, 7) is 13.3. The summed E-state index contributed by atoms with van der Waals surface area (Å²) in [5.74, 6) is 0. The molecular formula is C22H25ClN2. The number of aromatic nitrogens is 1. The highest BCUT2D eigenvalue weighted by atomic mass is 35.5. The smallest absolute Gasteiger partial charge is 0.0682 e. The second-order valence-corrected chi connectivity index (χ2v) is 5.91. The molecule has 0 saturated carbocycles. The molecule has 1 aromatic carbocycles. The molecule has 0 bridgehead atoms. The molecule has 0 spiro atoms. The van der Waals surface area contributed by atoms with Crippen LogP contribution in [0.4, 0.5) is 0 Å². The van der Waals surface area contributed by atoms with Crippen LogP contribution in [-0.4, -0.2) is 16.4 Å². The van der Waals surface area contributed by atoms with Crippen LogP contribution in [0, 0.1) is 0 Å². The zero-order chi connectivity index (χ0) is 18.4. The molecule has 130 valence electrons. The third kappa shape index (κ3) is 3.85. The number of pyridine rings is 1. The molecule has 0 saturated heterocycles. The van der Waals surface area contributed by atoms with E-state index in [1.807, 2.05) is 26.0 Å². The summed E-state index contributed by atoms with van der Waals surface area (Å²) < 4.78 is 0. The highest BCUT2D eigenvalue weighted by molar-refractivity contribution is 6.32. The van der Waals surface area contributed by atoms with Crippen molar-refractivity contribution in [3.8, 4) is 0 Å². The van der Waals surface area contributed by atoms with Gasteiger partial charge in [-0.25, -0.2) is 0 Å². The van der Waals surface area contributed by atoms with Gasteiger partial charge in [-0.1, -0.05) is 62.4 Å². The number of allylic oxidation sites excluding steroid dienone is 3. The summed E-state index contributed by atoms with van der Waals surface area (Å²) >= 11 is 6.44. The molecule has 0 atom stereocenters. The van der Waals surface area contributed by atoms with Crippen molar-refractivity contribution >= 4 is 22.9 Å². The van der Waals surface area contributed by atoms with E-state index in [1.54, 1.807) is 12.4 Å². The van der Waals surface area contributed by atoms with E-state index in [9.17, 15) is 0 Å². The standard InChI is InChI=1S/C20H19ClN2.C2H6/c1-4-23-15(3)14(2)12-18(16-8-6-5-7-9-16)20(23)17-10-11-22-13-19(17)21;1-2/h5-13H,3-4H2,1-2H3;1-2H3. The van der Waals surface area contributed by atoms with Gasteiger partial charge in [0, 0.05) is 35.8 Å². The van der Waals surface area contributed by atoms with Crippen LogP contribution in [0.1, 0.15) is 38.8 Å². The SMILES string of the molecule is C=C1C(C)=CC(c2ccccc2)=C(c2ccncc2Cl)N1CC.CC. The van der Waals surface area contributed by atoms with Crippen LogP contribution in [0.25, 0.3) is 11.3 Å². The van der Waals surface area contributed by atoms with Crippen LogP contribution in [-0.2, 0) is 0 Å². The normalized spacial score (nSPS) is 14.0. The first-order chi connectivity index (χ1) is 12.1. The van der Waals surface area contributed by atoms with Crippen LogP contribution in [0.2, 0.25) is 5.02 Å². The van der Waals surface area contributed by atoms with E-state index in [0.717, 1.165) is 29.1 Å². The molecule has 1 aromatic heterocycles. The molecule has 3 heteroatoms. The maximum Gasteiger partial charge on any atom is 0.0682 e. The Labute approximate surface area is 156 Å². The lowest BCUT2D eigenvalue weighted by atomic mass is 9.92. The summed E-state index contributed by atoms with van der Waals surface area (Å²) in [6, 6.07) is 12.3. The molecule has 0 N–H and O–H groups in total. The summed E-state index contributed by atoms with van der Waals surface area (Å²) in [4.78, 5) is 6.33. The maximum atomic E-state index is 6.44. The average Bonchev–Trinajstić information content (AvgIpc) is 2.66. The summed E-state index contributed by atoms with van der Waals surface area (Å²) in [7, 11) is 0. The Morgan fingerprint density at radius 3 is 2.40 bits per heavy atom. The first-order valence-electron chi connectivity index (χ1n) is 8.68. The van der Waals surface area contributed by atoms with Gasteiger partial charge in [-0.2, -0.15) is 0 Å². The van der Waals surface area contributed by atoms with E-state index in [0.29, 0.717) is 5.02 Å². The fraction of sp³-hybridized carbons (Fsp3) is 0.227. The fourth-order valence-corrected chi connectivity index (χ4v) is 3.11.